The van der Waals surface area contributed by atoms with E-state index in [1.165, 1.54) is 13.4 Å². The molecule has 1 N–H and O–H groups in total. The van der Waals surface area contributed by atoms with Crippen LogP contribution in [0.5, 0.6) is 11.5 Å². The smallest absolute Gasteiger partial charge is 0.261 e. The van der Waals surface area contributed by atoms with Gasteiger partial charge in [0.1, 0.15) is 0 Å². The molecule has 160 valence electrons. The lowest BCUT2D eigenvalue weighted by molar-refractivity contribution is -0.130. The summed E-state index contributed by atoms with van der Waals surface area (Å²) in [6.07, 6.45) is 3.61. The summed E-state index contributed by atoms with van der Waals surface area (Å²) in [5, 5.41) is 3.64. The van der Waals surface area contributed by atoms with Crippen LogP contribution in [-0.4, -0.2) is 61.3 Å². The molecule has 8 nitrogen and oxygen atoms in total. The van der Waals surface area contributed by atoms with Crippen LogP contribution in [0.2, 0.25) is 0 Å². The maximum absolute atomic E-state index is 12.8. The second-order valence-corrected chi connectivity index (χ2v) is 7.12. The van der Waals surface area contributed by atoms with E-state index in [0.29, 0.717) is 47.7 Å². The molecule has 0 saturated carbocycles. The number of aromatic nitrogens is 2. The standard InChI is InChI=1S/C20H28N4O4.ClH/c1-21-11-14-6-8-23(12-14)19(25)5-4-7-24-13-22-16-10-18(28-3)17(27-2)9-15(16)20(24)26;/h9-10,13-14,21H,4-8,11-12H2,1-3H3;1H. The number of rotatable bonds is 8. The number of amides is 1. The summed E-state index contributed by atoms with van der Waals surface area (Å²) in [5.41, 5.74) is 0.413. The molecular formula is C20H29ClN4O4. The molecule has 1 fully saturated rings. The van der Waals surface area contributed by atoms with E-state index in [-0.39, 0.29) is 23.9 Å². The predicted molar refractivity (Wildman–Crippen MR) is 114 cm³/mol. The van der Waals surface area contributed by atoms with E-state index in [1.807, 2.05) is 11.9 Å². The van der Waals surface area contributed by atoms with Crippen molar-refractivity contribution in [3.8, 4) is 11.5 Å². The van der Waals surface area contributed by atoms with Crippen molar-refractivity contribution in [2.24, 2.45) is 5.92 Å². The number of ether oxygens (including phenoxy) is 2. The summed E-state index contributed by atoms with van der Waals surface area (Å²) in [6, 6.07) is 3.34. The summed E-state index contributed by atoms with van der Waals surface area (Å²) < 4.78 is 12.1. The van der Waals surface area contributed by atoms with E-state index < -0.39 is 0 Å². The summed E-state index contributed by atoms with van der Waals surface area (Å²) in [7, 11) is 5.01. The molecule has 0 radical (unpaired) electrons. The van der Waals surface area contributed by atoms with Gasteiger partial charge in [-0.05, 0) is 38.4 Å². The Morgan fingerprint density at radius 1 is 1.28 bits per heavy atom. The third kappa shape index (κ3) is 5.19. The molecule has 1 aromatic carbocycles. The molecule has 1 aromatic heterocycles. The number of benzene rings is 1. The zero-order valence-electron chi connectivity index (χ0n) is 17.1. The zero-order valence-corrected chi connectivity index (χ0v) is 18.0. The number of halogens is 1. The minimum Gasteiger partial charge on any atom is -0.493 e. The Bertz CT molecular complexity index is 902. The number of hydrogen-bond donors (Lipinski definition) is 1. The van der Waals surface area contributed by atoms with Gasteiger partial charge in [-0.15, -0.1) is 12.4 Å². The Kier molecular flexibility index (Phi) is 8.28. The van der Waals surface area contributed by atoms with E-state index in [1.54, 1.807) is 23.8 Å². The van der Waals surface area contributed by atoms with Crippen molar-refractivity contribution >= 4 is 29.2 Å². The van der Waals surface area contributed by atoms with Crippen LogP contribution in [0.4, 0.5) is 0 Å². The highest BCUT2D eigenvalue weighted by Gasteiger charge is 2.25. The first-order chi connectivity index (χ1) is 13.6. The molecule has 2 heterocycles. The summed E-state index contributed by atoms with van der Waals surface area (Å²) in [5.74, 6) is 1.72. The fraction of sp³-hybridized carbons (Fsp3) is 0.550. The van der Waals surface area contributed by atoms with Crippen LogP contribution < -0.4 is 20.3 Å². The van der Waals surface area contributed by atoms with Gasteiger partial charge >= 0.3 is 0 Å². The fourth-order valence-corrected chi connectivity index (χ4v) is 3.72. The van der Waals surface area contributed by atoms with Gasteiger partial charge in [0.05, 0.1) is 31.4 Å². The molecule has 0 bridgehead atoms. The highest BCUT2D eigenvalue weighted by atomic mass is 35.5. The molecule has 3 rings (SSSR count). The summed E-state index contributed by atoms with van der Waals surface area (Å²) >= 11 is 0. The largest absolute Gasteiger partial charge is 0.493 e. The van der Waals surface area contributed by atoms with Gasteiger partial charge in [-0.3, -0.25) is 14.2 Å². The zero-order chi connectivity index (χ0) is 20.1. The van der Waals surface area contributed by atoms with E-state index in [9.17, 15) is 9.59 Å². The van der Waals surface area contributed by atoms with Crippen molar-refractivity contribution in [2.75, 3.05) is 40.9 Å². The van der Waals surface area contributed by atoms with Crippen LogP contribution in [0.3, 0.4) is 0 Å². The minimum absolute atomic E-state index is 0. The van der Waals surface area contributed by atoms with Crippen LogP contribution in [0.15, 0.2) is 23.3 Å². The van der Waals surface area contributed by atoms with Gasteiger partial charge in [0.25, 0.3) is 5.56 Å². The summed E-state index contributed by atoms with van der Waals surface area (Å²) in [6.45, 7) is 3.04. The monoisotopic (exact) mass is 424 g/mol. The molecule has 0 aliphatic carbocycles. The number of nitrogens with one attached hydrogen (secondary N) is 1. The molecule has 9 heteroatoms. The van der Waals surface area contributed by atoms with Gasteiger partial charge in [0, 0.05) is 32.1 Å². The lowest BCUT2D eigenvalue weighted by Gasteiger charge is -2.16. The normalized spacial score (nSPS) is 16.0. The molecule has 29 heavy (non-hydrogen) atoms. The van der Waals surface area contributed by atoms with Gasteiger partial charge in [-0.2, -0.15) is 0 Å². The molecule has 1 atom stereocenters. The lowest BCUT2D eigenvalue weighted by atomic mass is 10.1. The van der Waals surface area contributed by atoms with Crippen LogP contribution >= 0.6 is 12.4 Å². The van der Waals surface area contributed by atoms with Gasteiger partial charge in [0.15, 0.2) is 11.5 Å². The van der Waals surface area contributed by atoms with Crippen molar-refractivity contribution in [3.05, 3.63) is 28.8 Å². The van der Waals surface area contributed by atoms with Gasteiger partial charge in [0.2, 0.25) is 5.91 Å². The average Bonchev–Trinajstić information content (AvgIpc) is 3.18. The van der Waals surface area contributed by atoms with E-state index in [4.69, 9.17) is 9.47 Å². The number of likely N-dealkylation sites (tertiary alicyclic amines) is 1. The highest BCUT2D eigenvalue weighted by molar-refractivity contribution is 5.85. The second-order valence-electron chi connectivity index (χ2n) is 7.12. The first-order valence-corrected chi connectivity index (χ1v) is 9.61. The quantitative estimate of drug-likeness (QED) is 0.694. The SMILES string of the molecule is CNCC1CCN(C(=O)CCCn2cnc3cc(OC)c(OC)cc3c2=O)C1.Cl. The number of carbonyl (C=O) groups excluding carboxylic acids is 1. The first-order valence-electron chi connectivity index (χ1n) is 9.61. The Hall–Kier alpha value is -2.32. The van der Waals surface area contributed by atoms with Crippen LogP contribution in [0, 0.1) is 5.92 Å². The molecule has 1 aliphatic rings. The van der Waals surface area contributed by atoms with Gasteiger partial charge in [-0.25, -0.2) is 4.98 Å². The van der Waals surface area contributed by atoms with Crippen LogP contribution in [0.25, 0.3) is 10.9 Å². The van der Waals surface area contributed by atoms with Crippen molar-refractivity contribution in [1.82, 2.24) is 19.8 Å². The van der Waals surface area contributed by atoms with Crippen molar-refractivity contribution in [3.63, 3.8) is 0 Å². The number of methoxy groups -OCH3 is 2. The predicted octanol–water partition coefficient (Wildman–Crippen LogP) is 1.68. The molecule has 0 spiro atoms. The number of hydrogen-bond acceptors (Lipinski definition) is 6. The Balaban J connectivity index is 0.00000300. The van der Waals surface area contributed by atoms with Crippen molar-refractivity contribution in [1.29, 1.82) is 0 Å². The fourth-order valence-electron chi connectivity index (χ4n) is 3.72. The van der Waals surface area contributed by atoms with Crippen molar-refractivity contribution < 1.29 is 14.3 Å². The molecular weight excluding hydrogens is 396 g/mol. The number of nitrogens with zero attached hydrogens (tertiary/aromatic N) is 3. The van der Waals surface area contributed by atoms with E-state index in [2.05, 4.69) is 10.3 Å². The lowest BCUT2D eigenvalue weighted by Crippen LogP contribution is -2.30. The van der Waals surface area contributed by atoms with Gasteiger partial charge < -0.3 is 19.7 Å². The Morgan fingerprint density at radius 3 is 2.69 bits per heavy atom. The molecule has 2 aromatic rings. The average molecular weight is 425 g/mol. The van der Waals surface area contributed by atoms with Crippen LogP contribution in [0.1, 0.15) is 19.3 Å². The molecule has 1 amide bonds. The number of carbonyl (C=O) groups is 1. The van der Waals surface area contributed by atoms with Gasteiger partial charge in [-0.1, -0.05) is 0 Å². The van der Waals surface area contributed by atoms with Crippen LogP contribution in [-0.2, 0) is 11.3 Å². The highest BCUT2D eigenvalue weighted by Crippen LogP contribution is 2.29. The Labute approximate surface area is 176 Å². The number of fused-ring (bicyclic) bond motifs is 1. The maximum atomic E-state index is 12.8. The maximum Gasteiger partial charge on any atom is 0.261 e. The van der Waals surface area contributed by atoms with E-state index in [0.717, 1.165) is 26.1 Å². The minimum atomic E-state index is -0.145. The molecule has 1 unspecified atom stereocenters. The Morgan fingerprint density at radius 2 is 2.00 bits per heavy atom. The van der Waals surface area contributed by atoms with E-state index >= 15 is 0 Å². The second kappa shape index (κ2) is 10.5. The summed E-state index contributed by atoms with van der Waals surface area (Å²) in [4.78, 5) is 31.5. The number of aryl methyl sites for hydroxylation is 1. The first kappa shape index (κ1) is 23.0. The topological polar surface area (TPSA) is 85.7 Å². The third-order valence-electron chi connectivity index (χ3n) is 5.25. The third-order valence-corrected chi connectivity index (χ3v) is 5.25. The molecule has 1 saturated heterocycles. The van der Waals surface area contributed by atoms with Crippen molar-refractivity contribution in [2.45, 2.75) is 25.8 Å². The molecule has 1 aliphatic heterocycles.